The molecule has 0 rings (SSSR count). The van der Waals surface area contributed by atoms with Gasteiger partial charge in [0, 0.05) is 13.1 Å². The molecule has 0 heterocycles. The van der Waals surface area contributed by atoms with E-state index in [0.29, 0.717) is 0 Å². The molecule has 0 aromatic rings. The predicted octanol–water partition coefficient (Wildman–Crippen LogP) is 3.54. The second kappa shape index (κ2) is 12.3. The number of hydrogen-bond donors (Lipinski definition) is 1. The van der Waals surface area contributed by atoms with Crippen molar-refractivity contribution >= 4 is 6.09 Å². The Morgan fingerprint density at radius 1 is 1.11 bits per heavy atom. The van der Waals surface area contributed by atoms with Gasteiger partial charge < -0.3 is 15.4 Å². The summed E-state index contributed by atoms with van der Waals surface area (Å²) in [5.41, 5.74) is 5.45. The van der Waals surface area contributed by atoms with Crippen LogP contribution in [0.2, 0.25) is 0 Å². The van der Waals surface area contributed by atoms with Gasteiger partial charge in [0.1, 0.15) is 6.10 Å². The maximum absolute atomic E-state index is 11.8. The van der Waals surface area contributed by atoms with Crippen LogP contribution in [0.3, 0.4) is 0 Å². The number of carbonyl (C=O) groups is 1. The molecule has 0 bridgehead atoms. The first-order valence-corrected chi connectivity index (χ1v) is 7.81. The first-order valence-electron chi connectivity index (χ1n) is 7.81. The van der Waals surface area contributed by atoms with Crippen LogP contribution in [0.5, 0.6) is 0 Å². The number of amides is 1. The number of carbonyl (C=O) groups excluding carboxylic acids is 1. The van der Waals surface area contributed by atoms with Crippen LogP contribution in [0.25, 0.3) is 0 Å². The van der Waals surface area contributed by atoms with Crippen molar-refractivity contribution in [3.8, 4) is 0 Å². The fourth-order valence-corrected chi connectivity index (χ4v) is 1.86. The lowest BCUT2D eigenvalue weighted by molar-refractivity contribution is 0.0693. The largest absolute Gasteiger partial charge is 0.446 e. The molecule has 114 valence electrons. The molecule has 0 aliphatic rings. The number of unbranched alkanes of at least 4 members (excludes halogenated alkanes) is 5. The van der Waals surface area contributed by atoms with Gasteiger partial charge in [0.15, 0.2) is 0 Å². The van der Waals surface area contributed by atoms with Crippen molar-refractivity contribution in [3.05, 3.63) is 0 Å². The summed E-state index contributed by atoms with van der Waals surface area (Å²) in [6.07, 6.45) is 7.79. The molecule has 19 heavy (non-hydrogen) atoms. The molecule has 0 radical (unpaired) electrons. The zero-order valence-corrected chi connectivity index (χ0v) is 13.0. The first kappa shape index (κ1) is 18.2. The molecule has 0 spiro atoms. The monoisotopic (exact) mass is 272 g/mol. The summed E-state index contributed by atoms with van der Waals surface area (Å²) in [4.78, 5) is 13.6. The van der Waals surface area contributed by atoms with E-state index < -0.39 is 0 Å². The molecule has 0 aliphatic carbocycles. The summed E-state index contributed by atoms with van der Waals surface area (Å²) in [6, 6.07) is 0. The van der Waals surface area contributed by atoms with Gasteiger partial charge >= 0.3 is 6.09 Å². The van der Waals surface area contributed by atoms with E-state index in [1.54, 1.807) is 4.90 Å². The molecule has 1 atom stereocenters. The SMILES string of the molecule is CCC(C)OC(=O)N(CC)CCCCCCCCN. The fraction of sp³-hybridized carbons (Fsp3) is 0.933. The molecule has 0 aromatic carbocycles. The highest BCUT2D eigenvalue weighted by atomic mass is 16.6. The smallest absolute Gasteiger partial charge is 0.410 e. The number of ether oxygens (including phenoxy) is 1. The molecule has 0 aliphatic heterocycles. The molecule has 1 unspecified atom stereocenters. The number of rotatable bonds is 11. The minimum absolute atomic E-state index is 0.0119. The highest BCUT2D eigenvalue weighted by Crippen LogP contribution is 2.07. The maximum atomic E-state index is 11.8. The van der Waals surface area contributed by atoms with Gasteiger partial charge in [-0.25, -0.2) is 4.79 Å². The second-order valence-electron chi connectivity index (χ2n) is 5.09. The fourth-order valence-electron chi connectivity index (χ4n) is 1.86. The predicted molar refractivity (Wildman–Crippen MR) is 80.2 cm³/mol. The third-order valence-corrected chi connectivity index (χ3v) is 3.40. The summed E-state index contributed by atoms with van der Waals surface area (Å²) in [7, 11) is 0. The standard InChI is InChI=1S/C15H32N2O2/c1-4-14(3)19-15(18)17(5-2)13-11-9-7-6-8-10-12-16/h14H,4-13,16H2,1-3H3. The minimum Gasteiger partial charge on any atom is -0.446 e. The van der Waals surface area contributed by atoms with Crippen molar-refractivity contribution in [2.75, 3.05) is 19.6 Å². The molecule has 1 amide bonds. The first-order chi connectivity index (χ1) is 9.15. The van der Waals surface area contributed by atoms with E-state index in [0.717, 1.165) is 38.9 Å². The van der Waals surface area contributed by atoms with E-state index >= 15 is 0 Å². The Labute approximate surface area is 118 Å². The topological polar surface area (TPSA) is 55.6 Å². The summed E-state index contributed by atoms with van der Waals surface area (Å²) in [5, 5.41) is 0. The molecular formula is C15H32N2O2. The second-order valence-corrected chi connectivity index (χ2v) is 5.09. The van der Waals surface area contributed by atoms with Crippen molar-refractivity contribution < 1.29 is 9.53 Å². The van der Waals surface area contributed by atoms with Gasteiger partial charge in [-0.05, 0) is 39.7 Å². The third kappa shape index (κ3) is 9.77. The summed E-state index contributed by atoms with van der Waals surface area (Å²) in [5.74, 6) is 0. The number of hydrogen-bond acceptors (Lipinski definition) is 3. The average molecular weight is 272 g/mol. The Morgan fingerprint density at radius 2 is 1.68 bits per heavy atom. The molecular weight excluding hydrogens is 240 g/mol. The Bertz CT molecular complexity index is 222. The van der Waals surface area contributed by atoms with Crippen LogP contribution in [0.4, 0.5) is 4.79 Å². The van der Waals surface area contributed by atoms with Crippen LogP contribution in [0.15, 0.2) is 0 Å². The van der Waals surface area contributed by atoms with Crippen LogP contribution in [-0.2, 0) is 4.74 Å². The lowest BCUT2D eigenvalue weighted by Gasteiger charge is -2.22. The van der Waals surface area contributed by atoms with Crippen LogP contribution >= 0.6 is 0 Å². The van der Waals surface area contributed by atoms with Gasteiger partial charge in [-0.2, -0.15) is 0 Å². The van der Waals surface area contributed by atoms with E-state index in [1.807, 2.05) is 20.8 Å². The molecule has 4 heteroatoms. The zero-order chi connectivity index (χ0) is 14.5. The van der Waals surface area contributed by atoms with Gasteiger partial charge in [0.25, 0.3) is 0 Å². The molecule has 4 nitrogen and oxygen atoms in total. The van der Waals surface area contributed by atoms with Gasteiger partial charge in [0.2, 0.25) is 0 Å². The maximum Gasteiger partial charge on any atom is 0.410 e. The highest BCUT2D eigenvalue weighted by molar-refractivity contribution is 5.67. The Hall–Kier alpha value is -0.770. The van der Waals surface area contributed by atoms with Crippen molar-refractivity contribution in [1.29, 1.82) is 0 Å². The van der Waals surface area contributed by atoms with Crippen LogP contribution in [0.1, 0.15) is 65.7 Å². The lowest BCUT2D eigenvalue weighted by atomic mass is 10.1. The Morgan fingerprint density at radius 3 is 2.21 bits per heavy atom. The Balaban J connectivity index is 3.66. The number of nitrogens with zero attached hydrogens (tertiary/aromatic N) is 1. The van der Waals surface area contributed by atoms with Gasteiger partial charge in [-0.1, -0.05) is 32.6 Å². The van der Waals surface area contributed by atoms with Gasteiger partial charge in [0.05, 0.1) is 0 Å². The molecule has 0 saturated carbocycles. The van der Waals surface area contributed by atoms with Crippen molar-refractivity contribution in [2.24, 2.45) is 5.73 Å². The quantitative estimate of drug-likeness (QED) is 0.585. The van der Waals surface area contributed by atoms with E-state index in [1.165, 1.54) is 25.7 Å². The zero-order valence-electron chi connectivity index (χ0n) is 13.0. The highest BCUT2D eigenvalue weighted by Gasteiger charge is 2.14. The van der Waals surface area contributed by atoms with Gasteiger partial charge in [-0.3, -0.25) is 0 Å². The van der Waals surface area contributed by atoms with Crippen molar-refractivity contribution in [2.45, 2.75) is 71.8 Å². The normalized spacial score (nSPS) is 12.2. The Kier molecular flexibility index (Phi) is 11.8. The summed E-state index contributed by atoms with van der Waals surface area (Å²) >= 11 is 0. The molecule has 0 saturated heterocycles. The van der Waals surface area contributed by atoms with Crippen LogP contribution in [0, 0.1) is 0 Å². The van der Waals surface area contributed by atoms with E-state index in [-0.39, 0.29) is 12.2 Å². The minimum atomic E-state index is -0.167. The average Bonchev–Trinajstić information content (AvgIpc) is 2.41. The van der Waals surface area contributed by atoms with Crippen LogP contribution in [-0.4, -0.2) is 36.7 Å². The third-order valence-electron chi connectivity index (χ3n) is 3.40. The van der Waals surface area contributed by atoms with Gasteiger partial charge in [-0.15, -0.1) is 0 Å². The summed E-state index contributed by atoms with van der Waals surface area (Å²) in [6.45, 7) is 8.29. The van der Waals surface area contributed by atoms with Crippen LogP contribution < -0.4 is 5.73 Å². The number of nitrogens with two attached hydrogens (primary N) is 1. The van der Waals surface area contributed by atoms with E-state index in [4.69, 9.17) is 10.5 Å². The van der Waals surface area contributed by atoms with Crippen molar-refractivity contribution in [1.82, 2.24) is 4.90 Å². The summed E-state index contributed by atoms with van der Waals surface area (Å²) < 4.78 is 5.34. The molecule has 0 fully saturated rings. The van der Waals surface area contributed by atoms with Crippen molar-refractivity contribution in [3.63, 3.8) is 0 Å². The van der Waals surface area contributed by atoms with E-state index in [9.17, 15) is 4.79 Å². The molecule has 0 aromatic heterocycles. The molecule has 2 N–H and O–H groups in total. The van der Waals surface area contributed by atoms with E-state index in [2.05, 4.69) is 0 Å². The lowest BCUT2D eigenvalue weighted by Crippen LogP contribution is -2.34.